The van der Waals surface area contributed by atoms with E-state index in [9.17, 15) is 45.6 Å². The first-order valence-corrected chi connectivity index (χ1v) is 13.1. The van der Waals surface area contributed by atoms with Crippen molar-refractivity contribution >= 4 is 11.0 Å². The summed E-state index contributed by atoms with van der Waals surface area (Å²) in [4.78, 5) is 13.2. The molecule has 0 spiro atoms. The van der Waals surface area contributed by atoms with Crippen molar-refractivity contribution in [3.8, 4) is 28.6 Å². The minimum absolute atomic E-state index is 0.0333. The quantitative estimate of drug-likeness (QED) is 0.176. The van der Waals surface area contributed by atoms with Gasteiger partial charge in [-0.3, -0.25) is 4.79 Å². The summed E-state index contributed by atoms with van der Waals surface area (Å²) in [5.41, 5.74) is -0.891. The number of benzene rings is 2. The highest BCUT2D eigenvalue weighted by Gasteiger charge is 2.51. The van der Waals surface area contributed by atoms with Crippen LogP contribution < -0.4 is 10.2 Å². The molecule has 2 saturated heterocycles. The first-order valence-electron chi connectivity index (χ1n) is 13.1. The summed E-state index contributed by atoms with van der Waals surface area (Å²) in [5.74, 6) is -0.699. The highest BCUT2D eigenvalue weighted by molar-refractivity contribution is 5.89. The Bertz CT molecular complexity index is 1470. The Morgan fingerprint density at radius 3 is 2.19 bits per heavy atom. The maximum absolute atomic E-state index is 13.2. The molecule has 1 aromatic heterocycles. The summed E-state index contributed by atoms with van der Waals surface area (Å²) < 4.78 is 28.4. The lowest BCUT2D eigenvalue weighted by Gasteiger charge is -2.46. The first-order chi connectivity index (χ1) is 20.0. The lowest BCUT2D eigenvalue weighted by atomic mass is 9.89. The summed E-state index contributed by atoms with van der Waals surface area (Å²) in [5, 5.41) is 83.7. The largest absolute Gasteiger partial charge is 0.507 e. The predicted molar refractivity (Wildman–Crippen MR) is 142 cm³/mol. The van der Waals surface area contributed by atoms with Gasteiger partial charge in [0.25, 0.3) is 0 Å². The van der Waals surface area contributed by atoms with Crippen molar-refractivity contribution in [2.75, 3.05) is 13.7 Å². The van der Waals surface area contributed by atoms with Crippen LogP contribution in [0.4, 0.5) is 0 Å². The summed E-state index contributed by atoms with van der Waals surface area (Å²) in [6.07, 6.45) is -15.9. The second-order valence-electron chi connectivity index (χ2n) is 10.3. The molecule has 0 aliphatic carbocycles. The number of methoxy groups -OCH3 is 1. The van der Waals surface area contributed by atoms with E-state index in [-0.39, 0.29) is 22.3 Å². The Balaban J connectivity index is 1.66. The first kappa shape index (κ1) is 30.2. The molecule has 2 aliphatic rings. The highest BCUT2D eigenvalue weighted by Crippen LogP contribution is 2.45. The molecule has 14 heteroatoms. The van der Waals surface area contributed by atoms with Crippen molar-refractivity contribution in [1.29, 1.82) is 0 Å². The van der Waals surface area contributed by atoms with Crippen LogP contribution in [-0.2, 0) is 14.2 Å². The molecule has 14 nitrogen and oxygen atoms in total. The number of ether oxygens (including phenoxy) is 4. The second kappa shape index (κ2) is 11.8. The molecule has 0 radical (unpaired) electrons. The lowest BCUT2D eigenvalue weighted by molar-refractivity contribution is -0.338. The van der Waals surface area contributed by atoms with Gasteiger partial charge in [0.2, 0.25) is 0 Å². The van der Waals surface area contributed by atoms with E-state index in [0.717, 1.165) is 12.1 Å². The van der Waals surface area contributed by atoms with E-state index >= 15 is 0 Å². The maximum Gasteiger partial charge on any atom is 0.197 e. The summed E-state index contributed by atoms with van der Waals surface area (Å²) in [7, 11) is 1.48. The summed E-state index contributed by atoms with van der Waals surface area (Å²) >= 11 is 0. The van der Waals surface area contributed by atoms with Crippen molar-refractivity contribution in [3.05, 3.63) is 52.2 Å². The number of aliphatic hydroxyl groups is 6. The van der Waals surface area contributed by atoms with Crippen LogP contribution >= 0.6 is 0 Å². The number of phenols is 2. The Hall–Kier alpha value is -3.31. The zero-order chi connectivity index (χ0) is 30.5. The molecule has 5 rings (SSSR count). The molecule has 3 heterocycles. The molecule has 42 heavy (non-hydrogen) atoms. The van der Waals surface area contributed by atoms with Gasteiger partial charge in [0.15, 0.2) is 17.3 Å². The third kappa shape index (κ3) is 5.21. The fraction of sp³-hybridized carbons (Fsp3) is 0.464. The molecule has 2 fully saturated rings. The second-order valence-corrected chi connectivity index (χ2v) is 10.3. The van der Waals surface area contributed by atoms with E-state index < -0.39 is 84.8 Å². The third-order valence-corrected chi connectivity index (χ3v) is 7.62. The van der Waals surface area contributed by atoms with Crippen molar-refractivity contribution in [1.82, 2.24) is 0 Å². The molecule has 0 bridgehead atoms. The van der Waals surface area contributed by atoms with Crippen LogP contribution in [0.3, 0.4) is 0 Å². The topological polar surface area (TPSA) is 229 Å². The van der Waals surface area contributed by atoms with Gasteiger partial charge < -0.3 is 64.2 Å². The molecule has 0 unspecified atom stereocenters. The van der Waals surface area contributed by atoms with Gasteiger partial charge >= 0.3 is 0 Å². The number of aromatic hydroxyl groups is 2. The average Bonchev–Trinajstić information content (AvgIpc) is 2.97. The molecule has 8 N–H and O–H groups in total. The zero-order valence-electron chi connectivity index (χ0n) is 22.5. The van der Waals surface area contributed by atoms with Gasteiger partial charge in [-0.25, -0.2) is 0 Å². The lowest BCUT2D eigenvalue weighted by Crippen LogP contribution is -2.61. The number of aliphatic hydroxyl groups excluding tert-OH is 6. The van der Waals surface area contributed by atoms with Crippen molar-refractivity contribution in [2.24, 2.45) is 0 Å². The van der Waals surface area contributed by atoms with E-state index in [1.165, 1.54) is 14.0 Å². The summed E-state index contributed by atoms with van der Waals surface area (Å²) in [6, 6.07) is 8.47. The van der Waals surface area contributed by atoms with E-state index in [2.05, 4.69) is 0 Å². The van der Waals surface area contributed by atoms with Gasteiger partial charge in [0, 0.05) is 17.7 Å². The van der Waals surface area contributed by atoms with E-state index in [0.29, 0.717) is 11.3 Å². The number of rotatable bonds is 6. The van der Waals surface area contributed by atoms with Gasteiger partial charge in [-0.2, -0.15) is 0 Å². The Morgan fingerprint density at radius 1 is 0.857 bits per heavy atom. The molecule has 10 atom stereocenters. The number of hydrogen-bond acceptors (Lipinski definition) is 14. The van der Waals surface area contributed by atoms with Crippen molar-refractivity contribution in [3.63, 3.8) is 0 Å². The van der Waals surface area contributed by atoms with Crippen molar-refractivity contribution < 1.29 is 64.2 Å². The molecule has 2 aromatic carbocycles. The molecule has 0 saturated carbocycles. The maximum atomic E-state index is 13.2. The minimum Gasteiger partial charge on any atom is -0.507 e. The zero-order valence-corrected chi connectivity index (χ0v) is 22.5. The fourth-order valence-electron chi connectivity index (χ4n) is 5.25. The number of phenolic OH excluding ortho intramolecular Hbond substituents is 2. The van der Waals surface area contributed by atoms with Gasteiger partial charge in [0.05, 0.1) is 25.4 Å². The highest BCUT2D eigenvalue weighted by atomic mass is 16.7. The SMILES string of the molecule is COc1ccc(-c2cc(=O)c3c(O)cc(O)c([C@@H]4O[C@H](CO)[C@H](O)[C@H](O)[C@@H]4O[C@@H]4O[C@@H](C)[C@H](O)[C@H](O)[C@@H]4O)c3o2)cc1. The van der Waals surface area contributed by atoms with Crippen LogP contribution in [0, 0.1) is 0 Å². The molecular weight excluding hydrogens is 560 g/mol. The normalized spacial score (nSPS) is 33.5. The monoisotopic (exact) mass is 592 g/mol. The third-order valence-electron chi connectivity index (χ3n) is 7.62. The van der Waals surface area contributed by atoms with Crippen LogP contribution in [0.5, 0.6) is 17.2 Å². The molecule has 3 aromatic rings. The van der Waals surface area contributed by atoms with Crippen LogP contribution in [0.1, 0.15) is 18.6 Å². The van der Waals surface area contributed by atoms with Crippen LogP contribution in [0.2, 0.25) is 0 Å². The van der Waals surface area contributed by atoms with E-state index in [4.69, 9.17) is 23.4 Å². The Labute approximate surface area is 238 Å². The number of hydrogen-bond donors (Lipinski definition) is 8. The molecule has 228 valence electrons. The van der Waals surface area contributed by atoms with Gasteiger partial charge in [-0.1, -0.05) is 0 Å². The minimum atomic E-state index is -1.84. The smallest absolute Gasteiger partial charge is 0.197 e. The van der Waals surface area contributed by atoms with Gasteiger partial charge in [0.1, 0.15) is 77.2 Å². The molecule has 0 amide bonds. The Morgan fingerprint density at radius 2 is 1.55 bits per heavy atom. The van der Waals surface area contributed by atoms with Crippen LogP contribution in [0.25, 0.3) is 22.3 Å². The predicted octanol–water partition coefficient (Wildman–Crippen LogP) is -0.754. The summed E-state index contributed by atoms with van der Waals surface area (Å²) in [6.45, 7) is 0.635. The fourth-order valence-corrected chi connectivity index (χ4v) is 5.25. The van der Waals surface area contributed by atoms with E-state index in [1.807, 2.05) is 0 Å². The molecular formula is C28H32O14. The standard InChI is InChI=1S/C28H32O14/c1-10-20(33)22(35)24(37)28(39-10)42-27-23(36)21(34)17(9-29)41-26(27)19-14(31)7-13(30)18-15(32)8-16(40-25(18)19)11-3-5-12(38-2)6-4-11/h3-8,10,17,20-24,26-31,33-37H,9H2,1-2H3/t10-,17+,20-,21-,22-,23-,24-,26-,27-,28-/m0/s1. The van der Waals surface area contributed by atoms with Crippen LogP contribution in [-0.4, -0.2) is 110 Å². The van der Waals surface area contributed by atoms with Crippen LogP contribution in [0.15, 0.2) is 45.6 Å². The molecule has 2 aliphatic heterocycles. The van der Waals surface area contributed by atoms with Gasteiger partial charge in [-0.15, -0.1) is 0 Å². The van der Waals surface area contributed by atoms with Gasteiger partial charge in [-0.05, 0) is 31.2 Å². The van der Waals surface area contributed by atoms with E-state index in [1.54, 1.807) is 24.3 Å². The van der Waals surface area contributed by atoms with Crippen molar-refractivity contribution in [2.45, 2.75) is 68.1 Å². The Kier molecular flexibility index (Phi) is 8.44. The number of fused-ring (bicyclic) bond motifs is 1. The average molecular weight is 593 g/mol.